The minimum atomic E-state index is 0.336. The zero-order chi connectivity index (χ0) is 8.55. The van der Waals surface area contributed by atoms with Crippen LogP contribution in [0.1, 0.15) is 12.0 Å². The second-order valence-corrected chi connectivity index (χ2v) is 3.32. The number of hydrogen-bond donors (Lipinski definition) is 0. The highest BCUT2D eigenvalue weighted by Crippen LogP contribution is 2.22. The van der Waals surface area contributed by atoms with E-state index >= 15 is 0 Å². The van der Waals surface area contributed by atoms with Crippen molar-refractivity contribution in [1.82, 2.24) is 9.97 Å². The molecule has 0 unspecified atom stereocenters. The lowest BCUT2D eigenvalue weighted by Gasteiger charge is -2.32. The largest absolute Gasteiger partial charge is 0.356 e. The third kappa shape index (κ3) is 1.25. The molecule has 0 N–H and O–H groups in total. The molecule has 1 aromatic rings. The summed E-state index contributed by atoms with van der Waals surface area (Å²) in [5.41, 5.74) is 1.10. The first-order valence-electron chi connectivity index (χ1n) is 4.01. The van der Waals surface area contributed by atoms with Gasteiger partial charge in [-0.15, -0.1) is 0 Å². The number of hydrogen-bond acceptors (Lipinski definition) is 3. The van der Waals surface area contributed by atoms with Crippen LogP contribution >= 0.6 is 11.6 Å². The van der Waals surface area contributed by atoms with Crippen LogP contribution in [0.2, 0.25) is 5.28 Å². The van der Waals surface area contributed by atoms with E-state index in [9.17, 15) is 0 Å². The van der Waals surface area contributed by atoms with E-state index in [1.807, 2.05) is 6.92 Å². The van der Waals surface area contributed by atoms with Gasteiger partial charge in [-0.25, -0.2) is 9.97 Å². The van der Waals surface area contributed by atoms with Crippen molar-refractivity contribution >= 4 is 17.4 Å². The summed E-state index contributed by atoms with van der Waals surface area (Å²) in [6, 6.07) is 0. The molecule has 0 saturated carbocycles. The van der Waals surface area contributed by atoms with Crippen LogP contribution in [0, 0.1) is 6.92 Å². The number of anilines is 1. The van der Waals surface area contributed by atoms with Crippen LogP contribution in [0.15, 0.2) is 6.20 Å². The molecule has 0 aliphatic carbocycles. The molecular weight excluding hydrogens is 174 g/mol. The molecule has 2 heterocycles. The predicted octanol–water partition coefficient (Wildman–Crippen LogP) is 1.65. The molecule has 1 aliphatic heterocycles. The number of aromatic nitrogens is 2. The average Bonchev–Trinajstić information content (AvgIpc) is 1.93. The van der Waals surface area contributed by atoms with Crippen LogP contribution in [0.3, 0.4) is 0 Å². The third-order valence-corrected chi connectivity index (χ3v) is 2.25. The van der Waals surface area contributed by atoms with Crippen LogP contribution in [0.4, 0.5) is 5.82 Å². The first-order chi connectivity index (χ1) is 5.77. The fourth-order valence-electron chi connectivity index (χ4n) is 1.26. The highest BCUT2D eigenvalue weighted by molar-refractivity contribution is 6.28. The summed E-state index contributed by atoms with van der Waals surface area (Å²) in [7, 11) is 0. The van der Waals surface area contributed by atoms with Gasteiger partial charge in [0.25, 0.3) is 0 Å². The van der Waals surface area contributed by atoms with E-state index in [1.54, 1.807) is 6.20 Å². The summed E-state index contributed by atoms with van der Waals surface area (Å²) in [4.78, 5) is 10.3. The monoisotopic (exact) mass is 183 g/mol. The summed E-state index contributed by atoms with van der Waals surface area (Å²) in [6.07, 6.45) is 3.02. The number of rotatable bonds is 1. The lowest BCUT2D eigenvalue weighted by atomic mass is 10.2. The summed E-state index contributed by atoms with van der Waals surface area (Å²) >= 11 is 5.69. The maximum absolute atomic E-state index is 5.69. The first-order valence-corrected chi connectivity index (χ1v) is 4.39. The van der Waals surface area contributed by atoms with Gasteiger partial charge in [-0.1, -0.05) is 0 Å². The van der Waals surface area contributed by atoms with E-state index in [0.717, 1.165) is 24.5 Å². The Kier molecular flexibility index (Phi) is 1.89. The molecule has 0 amide bonds. The number of nitrogens with zero attached hydrogens (tertiary/aromatic N) is 3. The van der Waals surface area contributed by atoms with Gasteiger partial charge in [0.2, 0.25) is 5.28 Å². The smallest absolute Gasteiger partial charge is 0.224 e. The molecule has 0 spiro atoms. The fourth-order valence-corrected chi connectivity index (χ4v) is 1.39. The van der Waals surface area contributed by atoms with Crippen molar-refractivity contribution < 1.29 is 0 Å². The van der Waals surface area contributed by atoms with Crippen molar-refractivity contribution in [2.75, 3.05) is 18.0 Å². The zero-order valence-corrected chi connectivity index (χ0v) is 7.67. The molecule has 0 atom stereocenters. The number of halogens is 1. The Labute approximate surface area is 76.4 Å². The molecule has 2 rings (SSSR count). The lowest BCUT2D eigenvalue weighted by Crippen LogP contribution is -2.38. The maximum atomic E-state index is 5.69. The van der Waals surface area contributed by atoms with Gasteiger partial charge in [0.1, 0.15) is 5.82 Å². The van der Waals surface area contributed by atoms with Gasteiger partial charge in [-0.3, -0.25) is 0 Å². The summed E-state index contributed by atoms with van der Waals surface area (Å²) < 4.78 is 0. The molecule has 12 heavy (non-hydrogen) atoms. The zero-order valence-electron chi connectivity index (χ0n) is 6.92. The molecule has 0 radical (unpaired) electrons. The lowest BCUT2D eigenvalue weighted by molar-refractivity contribution is 0.607. The molecule has 0 aromatic carbocycles. The molecular formula is C8H10ClN3. The van der Waals surface area contributed by atoms with Crippen LogP contribution in [-0.2, 0) is 0 Å². The van der Waals surface area contributed by atoms with Gasteiger partial charge in [-0.05, 0) is 24.9 Å². The second kappa shape index (κ2) is 2.90. The minimum absolute atomic E-state index is 0.336. The molecule has 1 aromatic heterocycles. The Morgan fingerprint density at radius 2 is 2.25 bits per heavy atom. The summed E-state index contributed by atoms with van der Waals surface area (Å²) in [6.45, 7) is 4.19. The molecule has 1 saturated heterocycles. The molecule has 1 aliphatic rings. The molecule has 4 heteroatoms. The van der Waals surface area contributed by atoms with Crippen molar-refractivity contribution in [3.63, 3.8) is 0 Å². The molecule has 1 fully saturated rings. The normalized spacial score (nSPS) is 16.0. The topological polar surface area (TPSA) is 29.0 Å². The first kappa shape index (κ1) is 7.80. The van der Waals surface area contributed by atoms with E-state index < -0.39 is 0 Å². The van der Waals surface area contributed by atoms with E-state index in [4.69, 9.17) is 11.6 Å². The van der Waals surface area contributed by atoms with Gasteiger partial charge >= 0.3 is 0 Å². The Morgan fingerprint density at radius 1 is 1.50 bits per heavy atom. The van der Waals surface area contributed by atoms with Gasteiger partial charge in [0.15, 0.2) is 0 Å². The van der Waals surface area contributed by atoms with Gasteiger partial charge in [0, 0.05) is 24.8 Å². The van der Waals surface area contributed by atoms with E-state index in [1.165, 1.54) is 6.42 Å². The molecule has 64 valence electrons. The van der Waals surface area contributed by atoms with Crippen molar-refractivity contribution in [2.24, 2.45) is 0 Å². The second-order valence-electron chi connectivity index (χ2n) is 2.99. The molecule has 3 nitrogen and oxygen atoms in total. The Bertz CT molecular complexity index is 296. The number of aryl methyl sites for hydroxylation is 1. The van der Waals surface area contributed by atoms with E-state index in [0.29, 0.717) is 5.28 Å². The quantitative estimate of drug-likeness (QED) is 0.620. The summed E-state index contributed by atoms with van der Waals surface area (Å²) in [5.74, 6) is 0.987. The highest BCUT2D eigenvalue weighted by atomic mass is 35.5. The van der Waals surface area contributed by atoms with Crippen molar-refractivity contribution in [3.05, 3.63) is 17.0 Å². The Hall–Kier alpha value is -0.830. The van der Waals surface area contributed by atoms with Crippen molar-refractivity contribution in [2.45, 2.75) is 13.3 Å². The summed E-state index contributed by atoms with van der Waals surface area (Å²) in [5, 5.41) is 0.336. The maximum Gasteiger partial charge on any atom is 0.224 e. The van der Waals surface area contributed by atoms with Crippen LogP contribution < -0.4 is 4.90 Å². The van der Waals surface area contributed by atoms with E-state index in [-0.39, 0.29) is 0 Å². The van der Waals surface area contributed by atoms with Crippen molar-refractivity contribution in [1.29, 1.82) is 0 Å². The van der Waals surface area contributed by atoms with Crippen molar-refractivity contribution in [3.8, 4) is 0 Å². The Morgan fingerprint density at radius 3 is 2.83 bits per heavy atom. The SMILES string of the molecule is Cc1cnc(Cl)nc1N1CCC1. The highest BCUT2D eigenvalue weighted by Gasteiger charge is 2.17. The van der Waals surface area contributed by atoms with Crippen LogP contribution in [0.5, 0.6) is 0 Å². The van der Waals surface area contributed by atoms with Gasteiger partial charge < -0.3 is 4.90 Å². The fraction of sp³-hybridized carbons (Fsp3) is 0.500. The average molecular weight is 184 g/mol. The standard InChI is InChI=1S/C8H10ClN3/c1-6-5-10-8(9)11-7(6)12-3-2-4-12/h5H,2-4H2,1H3. The van der Waals surface area contributed by atoms with Gasteiger partial charge in [0.05, 0.1) is 0 Å². The van der Waals surface area contributed by atoms with Crippen LogP contribution in [0.25, 0.3) is 0 Å². The molecule has 0 bridgehead atoms. The van der Waals surface area contributed by atoms with Gasteiger partial charge in [-0.2, -0.15) is 0 Å². The predicted molar refractivity (Wildman–Crippen MR) is 48.6 cm³/mol. The Balaban J connectivity index is 2.34. The van der Waals surface area contributed by atoms with Crippen LogP contribution in [-0.4, -0.2) is 23.1 Å². The third-order valence-electron chi connectivity index (χ3n) is 2.07. The van der Waals surface area contributed by atoms with E-state index in [2.05, 4.69) is 14.9 Å². The minimum Gasteiger partial charge on any atom is -0.356 e.